The highest BCUT2D eigenvalue weighted by Crippen LogP contribution is 2.39. The fourth-order valence-electron chi connectivity index (χ4n) is 4.00. The molecule has 1 heterocycles. The molecule has 0 aromatic carbocycles. The summed E-state index contributed by atoms with van der Waals surface area (Å²) in [6, 6.07) is 0. The maximum Gasteiger partial charge on any atom is 0.0710 e. The Kier molecular flexibility index (Phi) is 6.51. The van der Waals surface area contributed by atoms with Crippen molar-refractivity contribution in [3.8, 4) is 0 Å². The average molecular weight is 296 g/mol. The van der Waals surface area contributed by atoms with Crippen molar-refractivity contribution in [3.05, 3.63) is 0 Å². The van der Waals surface area contributed by atoms with Gasteiger partial charge in [-0.25, -0.2) is 0 Å². The second kappa shape index (κ2) is 7.94. The van der Waals surface area contributed by atoms with Gasteiger partial charge in [0.1, 0.15) is 0 Å². The van der Waals surface area contributed by atoms with Crippen LogP contribution in [0, 0.1) is 17.3 Å². The van der Waals surface area contributed by atoms with E-state index in [0.29, 0.717) is 11.5 Å². The highest BCUT2D eigenvalue weighted by atomic mass is 16.5. The minimum absolute atomic E-state index is 0.466. The Labute approximate surface area is 131 Å². The van der Waals surface area contributed by atoms with Gasteiger partial charge in [-0.05, 0) is 43.1 Å². The van der Waals surface area contributed by atoms with Gasteiger partial charge >= 0.3 is 0 Å². The first kappa shape index (κ1) is 17.2. The number of hydrogen-bond donors (Lipinski definition) is 1. The van der Waals surface area contributed by atoms with Crippen LogP contribution in [0.15, 0.2) is 0 Å². The molecule has 0 aromatic rings. The SMILES string of the molecule is COC1CCN(CC2(CNCC(C)C)CCC(C)CC2)C1. The van der Waals surface area contributed by atoms with Gasteiger partial charge in [-0.3, -0.25) is 0 Å². The highest BCUT2D eigenvalue weighted by molar-refractivity contribution is 4.91. The van der Waals surface area contributed by atoms with E-state index in [0.717, 1.165) is 24.9 Å². The van der Waals surface area contributed by atoms with Crippen LogP contribution in [0.2, 0.25) is 0 Å². The molecule has 124 valence electrons. The molecular weight excluding hydrogens is 260 g/mol. The Morgan fingerprint density at radius 3 is 2.52 bits per heavy atom. The van der Waals surface area contributed by atoms with Crippen molar-refractivity contribution in [2.75, 3.05) is 39.8 Å². The molecule has 1 saturated carbocycles. The summed E-state index contributed by atoms with van der Waals surface area (Å²) < 4.78 is 5.54. The fourth-order valence-corrected chi connectivity index (χ4v) is 4.00. The number of methoxy groups -OCH3 is 1. The Bertz CT molecular complexity index is 298. The van der Waals surface area contributed by atoms with Gasteiger partial charge in [-0.15, -0.1) is 0 Å². The average Bonchev–Trinajstić information content (AvgIpc) is 2.89. The van der Waals surface area contributed by atoms with E-state index in [1.807, 2.05) is 7.11 Å². The first-order chi connectivity index (χ1) is 10.0. The highest BCUT2D eigenvalue weighted by Gasteiger charge is 2.37. The second-order valence-corrected chi connectivity index (χ2v) is 8.09. The zero-order chi connectivity index (χ0) is 15.3. The van der Waals surface area contributed by atoms with E-state index < -0.39 is 0 Å². The third kappa shape index (κ3) is 5.22. The largest absolute Gasteiger partial charge is 0.380 e. The van der Waals surface area contributed by atoms with E-state index in [1.54, 1.807) is 0 Å². The Morgan fingerprint density at radius 1 is 1.24 bits per heavy atom. The Morgan fingerprint density at radius 2 is 1.95 bits per heavy atom. The van der Waals surface area contributed by atoms with Gasteiger partial charge in [0.25, 0.3) is 0 Å². The van der Waals surface area contributed by atoms with E-state index in [9.17, 15) is 0 Å². The summed E-state index contributed by atoms with van der Waals surface area (Å²) in [6.07, 6.45) is 7.28. The molecule has 1 aliphatic carbocycles. The summed E-state index contributed by atoms with van der Waals surface area (Å²) in [5, 5.41) is 3.75. The van der Waals surface area contributed by atoms with Crippen LogP contribution >= 0.6 is 0 Å². The summed E-state index contributed by atoms with van der Waals surface area (Å²) in [6.45, 7) is 13.0. The molecule has 1 N–H and O–H groups in total. The molecule has 0 radical (unpaired) electrons. The van der Waals surface area contributed by atoms with Crippen LogP contribution in [0.25, 0.3) is 0 Å². The van der Waals surface area contributed by atoms with Gasteiger partial charge in [0.15, 0.2) is 0 Å². The van der Waals surface area contributed by atoms with Gasteiger partial charge in [0.05, 0.1) is 6.10 Å². The normalized spacial score (nSPS) is 34.7. The third-order valence-electron chi connectivity index (χ3n) is 5.51. The van der Waals surface area contributed by atoms with Crippen molar-refractivity contribution in [3.63, 3.8) is 0 Å². The molecule has 2 aliphatic rings. The van der Waals surface area contributed by atoms with Crippen molar-refractivity contribution >= 4 is 0 Å². The van der Waals surface area contributed by atoms with Crippen molar-refractivity contribution in [1.82, 2.24) is 10.2 Å². The minimum Gasteiger partial charge on any atom is -0.380 e. The third-order valence-corrected chi connectivity index (χ3v) is 5.51. The smallest absolute Gasteiger partial charge is 0.0710 e. The molecule has 0 bridgehead atoms. The number of nitrogens with one attached hydrogen (secondary N) is 1. The van der Waals surface area contributed by atoms with E-state index in [2.05, 4.69) is 31.0 Å². The van der Waals surface area contributed by atoms with Gasteiger partial charge in [0.2, 0.25) is 0 Å². The summed E-state index contributed by atoms with van der Waals surface area (Å²) in [5.74, 6) is 1.67. The monoisotopic (exact) mass is 296 g/mol. The quantitative estimate of drug-likeness (QED) is 0.781. The lowest BCUT2D eigenvalue weighted by molar-refractivity contribution is 0.0751. The minimum atomic E-state index is 0.466. The molecular formula is C18H36N2O. The van der Waals surface area contributed by atoms with Crippen LogP contribution in [0.3, 0.4) is 0 Å². The predicted molar refractivity (Wildman–Crippen MR) is 89.6 cm³/mol. The molecule has 21 heavy (non-hydrogen) atoms. The van der Waals surface area contributed by atoms with Crippen LogP contribution in [0.5, 0.6) is 0 Å². The number of hydrogen-bond acceptors (Lipinski definition) is 3. The van der Waals surface area contributed by atoms with Crippen LogP contribution < -0.4 is 5.32 Å². The zero-order valence-corrected chi connectivity index (χ0v) is 14.7. The molecule has 0 amide bonds. The van der Waals surface area contributed by atoms with Crippen molar-refractivity contribution in [2.45, 2.75) is 59.0 Å². The van der Waals surface area contributed by atoms with E-state index in [4.69, 9.17) is 4.74 Å². The number of likely N-dealkylation sites (tertiary alicyclic amines) is 1. The molecule has 3 nitrogen and oxygen atoms in total. The molecule has 3 heteroatoms. The lowest BCUT2D eigenvalue weighted by atomic mass is 9.70. The van der Waals surface area contributed by atoms with Crippen LogP contribution in [0.4, 0.5) is 0 Å². The number of nitrogens with zero attached hydrogens (tertiary/aromatic N) is 1. The maximum atomic E-state index is 5.54. The lowest BCUT2D eigenvalue weighted by Gasteiger charge is -2.42. The molecule has 2 rings (SSSR count). The molecule has 2 fully saturated rings. The number of rotatable bonds is 7. The molecule has 1 atom stereocenters. The predicted octanol–water partition coefficient (Wildman–Crippen LogP) is 3.15. The van der Waals surface area contributed by atoms with Crippen molar-refractivity contribution in [2.24, 2.45) is 17.3 Å². The molecule has 1 aliphatic heterocycles. The van der Waals surface area contributed by atoms with Crippen LogP contribution in [-0.4, -0.2) is 50.8 Å². The van der Waals surface area contributed by atoms with Crippen LogP contribution in [-0.2, 0) is 4.74 Å². The number of ether oxygens (including phenoxy) is 1. The molecule has 1 saturated heterocycles. The van der Waals surface area contributed by atoms with E-state index >= 15 is 0 Å². The standard InChI is InChI=1S/C18H36N2O/c1-15(2)11-19-13-18(8-5-16(3)6-9-18)14-20-10-7-17(12-20)21-4/h15-17,19H,5-14H2,1-4H3. The Balaban J connectivity index is 1.89. The summed E-state index contributed by atoms with van der Waals surface area (Å²) >= 11 is 0. The fraction of sp³-hybridized carbons (Fsp3) is 1.00. The topological polar surface area (TPSA) is 24.5 Å². The Hall–Kier alpha value is -0.120. The second-order valence-electron chi connectivity index (χ2n) is 8.09. The summed E-state index contributed by atoms with van der Waals surface area (Å²) in [7, 11) is 1.86. The van der Waals surface area contributed by atoms with Crippen molar-refractivity contribution in [1.29, 1.82) is 0 Å². The summed E-state index contributed by atoms with van der Waals surface area (Å²) in [5.41, 5.74) is 0.504. The first-order valence-electron chi connectivity index (χ1n) is 8.99. The molecule has 1 unspecified atom stereocenters. The van der Waals surface area contributed by atoms with Gasteiger partial charge < -0.3 is 15.0 Å². The maximum absolute atomic E-state index is 5.54. The van der Waals surface area contributed by atoms with Gasteiger partial charge in [0, 0.05) is 33.3 Å². The zero-order valence-electron chi connectivity index (χ0n) is 14.7. The van der Waals surface area contributed by atoms with Crippen LogP contribution in [0.1, 0.15) is 52.9 Å². The summed E-state index contributed by atoms with van der Waals surface area (Å²) in [4.78, 5) is 2.65. The first-order valence-corrected chi connectivity index (χ1v) is 8.99. The molecule has 0 spiro atoms. The van der Waals surface area contributed by atoms with Crippen molar-refractivity contribution < 1.29 is 4.74 Å². The van der Waals surface area contributed by atoms with E-state index in [1.165, 1.54) is 51.7 Å². The molecule has 0 aromatic heterocycles. The lowest BCUT2D eigenvalue weighted by Crippen LogP contribution is -2.46. The van der Waals surface area contributed by atoms with Gasteiger partial charge in [-0.1, -0.05) is 33.6 Å². The van der Waals surface area contributed by atoms with Gasteiger partial charge in [-0.2, -0.15) is 0 Å². The van der Waals surface area contributed by atoms with E-state index in [-0.39, 0.29) is 0 Å².